The van der Waals surface area contributed by atoms with Crippen LogP contribution in [0.4, 0.5) is 4.79 Å². The Morgan fingerprint density at radius 3 is 2.76 bits per heavy atom. The molecular weight excluding hydrogens is 309 g/mol. The lowest BCUT2D eigenvalue weighted by molar-refractivity contribution is 0.107. The van der Waals surface area contributed by atoms with Crippen molar-refractivity contribution in [3.8, 4) is 11.1 Å². The van der Waals surface area contributed by atoms with Crippen LogP contribution in [0.3, 0.4) is 0 Å². The first kappa shape index (κ1) is 14.2. The van der Waals surface area contributed by atoms with Gasteiger partial charge in [-0.15, -0.1) is 0 Å². The molecule has 0 heterocycles. The standard InChI is InChI=1S/C16H13Cl2NO2/c17-11-4-5-14(18)12(8-11)10-2-1-9-3-6-15(13(9)7-10)21-16(19)20/h1-2,4-5,7-8,15H,3,6H2,(H2,19,20). The third-order valence-electron chi connectivity index (χ3n) is 3.67. The number of carbonyl (C=O) groups excluding carboxylic acids is 1. The van der Waals surface area contributed by atoms with Gasteiger partial charge in [-0.05, 0) is 53.8 Å². The molecule has 1 unspecified atom stereocenters. The Morgan fingerprint density at radius 2 is 2.00 bits per heavy atom. The van der Waals surface area contributed by atoms with Crippen LogP contribution in [-0.2, 0) is 11.2 Å². The minimum Gasteiger partial charge on any atom is -0.441 e. The molecule has 0 bridgehead atoms. The van der Waals surface area contributed by atoms with Crippen molar-refractivity contribution in [1.29, 1.82) is 0 Å². The first-order valence-electron chi connectivity index (χ1n) is 6.59. The highest BCUT2D eigenvalue weighted by atomic mass is 35.5. The summed E-state index contributed by atoms with van der Waals surface area (Å²) in [6, 6.07) is 11.4. The van der Waals surface area contributed by atoms with Gasteiger partial charge >= 0.3 is 6.09 Å². The van der Waals surface area contributed by atoms with Gasteiger partial charge in [-0.25, -0.2) is 4.79 Å². The van der Waals surface area contributed by atoms with Gasteiger partial charge in [0.1, 0.15) is 6.10 Å². The van der Waals surface area contributed by atoms with Crippen LogP contribution in [0.15, 0.2) is 36.4 Å². The van der Waals surface area contributed by atoms with Crippen LogP contribution < -0.4 is 5.73 Å². The Balaban J connectivity index is 2.03. The van der Waals surface area contributed by atoms with Crippen molar-refractivity contribution in [3.63, 3.8) is 0 Å². The Bertz CT molecular complexity index is 715. The Hall–Kier alpha value is -1.71. The number of ether oxygens (including phenoxy) is 1. The molecule has 5 heteroatoms. The third-order valence-corrected chi connectivity index (χ3v) is 4.23. The van der Waals surface area contributed by atoms with Crippen LogP contribution in [0.2, 0.25) is 10.0 Å². The molecule has 2 N–H and O–H groups in total. The number of hydrogen-bond acceptors (Lipinski definition) is 2. The Labute approximate surface area is 132 Å². The van der Waals surface area contributed by atoms with Crippen LogP contribution in [-0.4, -0.2) is 6.09 Å². The van der Waals surface area contributed by atoms with E-state index in [2.05, 4.69) is 0 Å². The summed E-state index contributed by atoms with van der Waals surface area (Å²) in [4.78, 5) is 11.0. The van der Waals surface area contributed by atoms with E-state index in [1.165, 1.54) is 5.56 Å². The van der Waals surface area contributed by atoms with E-state index in [4.69, 9.17) is 33.7 Å². The molecule has 21 heavy (non-hydrogen) atoms. The number of aryl methyl sites for hydroxylation is 1. The van der Waals surface area contributed by atoms with Gasteiger partial charge in [0.15, 0.2) is 0 Å². The molecule has 1 aliphatic rings. The van der Waals surface area contributed by atoms with E-state index >= 15 is 0 Å². The lowest BCUT2D eigenvalue weighted by Crippen LogP contribution is -2.15. The molecule has 1 aliphatic carbocycles. The predicted octanol–water partition coefficient (Wildman–Crippen LogP) is 4.74. The summed E-state index contributed by atoms with van der Waals surface area (Å²) in [5, 5.41) is 1.25. The highest BCUT2D eigenvalue weighted by Gasteiger charge is 2.25. The number of rotatable bonds is 2. The zero-order valence-electron chi connectivity index (χ0n) is 11.1. The molecule has 1 amide bonds. The molecule has 0 aliphatic heterocycles. The van der Waals surface area contributed by atoms with E-state index in [-0.39, 0.29) is 6.10 Å². The van der Waals surface area contributed by atoms with Gasteiger partial charge in [0, 0.05) is 15.6 Å². The van der Waals surface area contributed by atoms with Crippen LogP contribution >= 0.6 is 23.2 Å². The van der Waals surface area contributed by atoms with Crippen LogP contribution in [0, 0.1) is 0 Å². The maximum absolute atomic E-state index is 11.0. The van der Waals surface area contributed by atoms with Crippen molar-refractivity contribution in [2.75, 3.05) is 0 Å². The van der Waals surface area contributed by atoms with Crippen molar-refractivity contribution < 1.29 is 9.53 Å². The number of benzene rings is 2. The highest BCUT2D eigenvalue weighted by Crippen LogP contribution is 2.38. The topological polar surface area (TPSA) is 52.3 Å². The number of halogens is 2. The van der Waals surface area contributed by atoms with Crippen molar-refractivity contribution >= 4 is 29.3 Å². The fourth-order valence-corrected chi connectivity index (χ4v) is 3.11. The molecule has 0 fully saturated rings. The highest BCUT2D eigenvalue weighted by molar-refractivity contribution is 6.35. The summed E-state index contributed by atoms with van der Waals surface area (Å²) in [5.74, 6) is 0. The minimum atomic E-state index is -0.751. The first-order valence-corrected chi connectivity index (χ1v) is 7.34. The molecule has 1 atom stereocenters. The van der Waals surface area contributed by atoms with E-state index < -0.39 is 6.09 Å². The third kappa shape index (κ3) is 2.85. The quantitative estimate of drug-likeness (QED) is 0.868. The van der Waals surface area contributed by atoms with Gasteiger partial charge in [-0.3, -0.25) is 0 Å². The summed E-state index contributed by atoms with van der Waals surface area (Å²) < 4.78 is 5.16. The SMILES string of the molecule is NC(=O)OC1CCc2ccc(-c3cc(Cl)ccc3Cl)cc21. The smallest absolute Gasteiger partial charge is 0.405 e. The second-order valence-corrected chi connectivity index (χ2v) is 5.85. The van der Waals surface area contributed by atoms with Gasteiger partial charge in [0.05, 0.1) is 0 Å². The van der Waals surface area contributed by atoms with Crippen LogP contribution in [0.1, 0.15) is 23.7 Å². The summed E-state index contributed by atoms with van der Waals surface area (Å²) >= 11 is 12.3. The molecule has 0 saturated carbocycles. The van der Waals surface area contributed by atoms with Crippen molar-refractivity contribution in [2.45, 2.75) is 18.9 Å². The van der Waals surface area contributed by atoms with Gasteiger partial charge in [0.25, 0.3) is 0 Å². The van der Waals surface area contributed by atoms with E-state index in [9.17, 15) is 4.79 Å². The van der Waals surface area contributed by atoms with Crippen molar-refractivity contribution in [1.82, 2.24) is 0 Å². The molecule has 0 saturated heterocycles. The molecule has 2 aromatic carbocycles. The molecular formula is C16H13Cl2NO2. The second-order valence-electron chi connectivity index (χ2n) is 5.00. The lowest BCUT2D eigenvalue weighted by atomic mass is 10.00. The van der Waals surface area contributed by atoms with E-state index in [0.29, 0.717) is 10.0 Å². The number of nitrogens with two attached hydrogens (primary N) is 1. The maximum Gasteiger partial charge on any atom is 0.405 e. The largest absolute Gasteiger partial charge is 0.441 e. The predicted molar refractivity (Wildman–Crippen MR) is 83.6 cm³/mol. The number of fused-ring (bicyclic) bond motifs is 1. The molecule has 0 aromatic heterocycles. The molecule has 0 radical (unpaired) electrons. The van der Waals surface area contributed by atoms with E-state index in [0.717, 1.165) is 29.5 Å². The molecule has 2 aromatic rings. The van der Waals surface area contributed by atoms with Gasteiger partial charge in [-0.2, -0.15) is 0 Å². The fourth-order valence-electron chi connectivity index (χ4n) is 2.71. The van der Waals surface area contributed by atoms with Crippen molar-refractivity contribution in [2.24, 2.45) is 5.73 Å². The minimum absolute atomic E-state index is 0.282. The number of carbonyl (C=O) groups is 1. The molecule has 3 rings (SSSR count). The van der Waals surface area contributed by atoms with Crippen LogP contribution in [0.5, 0.6) is 0 Å². The fraction of sp³-hybridized carbons (Fsp3) is 0.188. The maximum atomic E-state index is 11.0. The number of primary amides is 1. The average Bonchev–Trinajstić information content (AvgIpc) is 2.83. The summed E-state index contributed by atoms with van der Waals surface area (Å²) in [6.45, 7) is 0. The number of hydrogen-bond donors (Lipinski definition) is 1. The Morgan fingerprint density at radius 1 is 1.19 bits per heavy atom. The summed E-state index contributed by atoms with van der Waals surface area (Å²) in [7, 11) is 0. The van der Waals surface area contributed by atoms with Crippen LogP contribution in [0.25, 0.3) is 11.1 Å². The average molecular weight is 322 g/mol. The first-order chi connectivity index (χ1) is 10.0. The van der Waals surface area contributed by atoms with Gasteiger partial charge in [0.2, 0.25) is 0 Å². The monoisotopic (exact) mass is 321 g/mol. The molecule has 108 valence electrons. The second kappa shape index (κ2) is 5.58. The zero-order chi connectivity index (χ0) is 15.0. The van der Waals surface area contributed by atoms with Gasteiger partial charge in [-0.1, -0.05) is 35.3 Å². The Kier molecular flexibility index (Phi) is 3.79. The summed E-state index contributed by atoms with van der Waals surface area (Å²) in [5.41, 5.74) is 9.08. The molecule has 0 spiro atoms. The zero-order valence-corrected chi connectivity index (χ0v) is 12.6. The van der Waals surface area contributed by atoms with Crippen molar-refractivity contribution in [3.05, 3.63) is 57.6 Å². The lowest BCUT2D eigenvalue weighted by Gasteiger charge is -2.13. The normalized spacial score (nSPS) is 16.6. The summed E-state index contributed by atoms with van der Waals surface area (Å²) in [6.07, 6.45) is 0.594. The van der Waals surface area contributed by atoms with E-state index in [1.807, 2.05) is 24.3 Å². The molecule has 3 nitrogen and oxygen atoms in total. The van der Waals surface area contributed by atoms with Gasteiger partial charge < -0.3 is 10.5 Å². The van der Waals surface area contributed by atoms with E-state index in [1.54, 1.807) is 12.1 Å². The number of amides is 1.